The minimum absolute atomic E-state index is 0.111. The molecule has 2 unspecified atom stereocenters. The molecule has 13 heteroatoms. The molecule has 3 aromatic carbocycles. The molecule has 7 rings (SSSR count). The van der Waals surface area contributed by atoms with Crippen LogP contribution in [0.5, 0.6) is 5.75 Å². The molecule has 3 fully saturated rings. The average molecular weight is 697 g/mol. The molecule has 4 heterocycles. The number of piperidine rings is 1. The molecule has 3 saturated heterocycles. The number of hydrogen-bond acceptors (Lipinski definition) is 6. The summed E-state index contributed by atoms with van der Waals surface area (Å²) in [6.07, 6.45) is -0.00293. The lowest BCUT2D eigenvalue weighted by Gasteiger charge is -2.34. The lowest BCUT2D eigenvalue weighted by atomic mass is 9.88. The highest BCUT2D eigenvalue weighted by atomic mass is 19.4. The zero-order valence-electron chi connectivity index (χ0n) is 27.6. The van der Waals surface area contributed by atoms with Gasteiger partial charge < -0.3 is 25.7 Å². The van der Waals surface area contributed by atoms with Crippen LogP contribution in [0.4, 0.5) is 22.0 Å². The maximum Gasteiger partial charge on any atom is 0.573 e. The third kappa shape index (κ3) is 7.36. The first-order valence-electron chi connectivity index (χ1n) is 17.1. The summed E-state index contributed by atoms with van der Waals surface area (Å²) in [6.45, 7) is 4.95. The summed E-state index contributed by atoms with van der Waals surface area (Å²) in [5, 5.41) is 7.19. The number of likely N-dealkylation sites (tertiary alicyclic amines) is 2. The van der Waals surface area contributed by atoms with Gasteiger partial charge in [-0.15, -0.1) is 13.2 Å². The lowest BCUT2D eigenvalue weighted by molar-refractivity contribution is -0.274. The number of rotatable bonds is 11. The fourth-order valence-corrected chi connectivity index (χ4v) is 7.76. The molecule has 2 atom stereocenters. The fourth-order valence-electron chi connectivity index (χ4n) is 7.76. The number of amides is 1. The predicted octanol–water partition coefficient (Wildman–Crippen LogP) is 5.53. The van der Waals surface area contributed by atoms with Crippen LogP contribution in [0.15, 0.2) is 66.9 Å². The molecule has 4 N–H and O–H groups in total. The van der Waals surface area contributed by atoms with Crippen molar-refractivity contribution in [2.45, 2.75) is 69.3 Å². The third-order valence-electron chi connectivity index (χ3n) is 10.4. The van der Waals surface area contributed by atoms with E-state index >= 15 is 0 Å². The van der Waals surface area contributed by atoms with Crippen molar-refractivity contribution in [3.05, 3.63) is 89.6 Å². The Kier molecular flexibility index (Phi) is 9.59. The number of aromatic nitrogens is 1. The first kappa shape index (κ1) is 34.4. The number of fused-ring (bicyclic) bond motifs is 3. The second-order valence-electron chi connectivity index (χ2n) is 13.8. The van der Waals surface area contributed by atoms with Crippen LogP contribution in [0.25, 0.3) is 22.0 Å². The third-order valence-corrected chi connectivity index (χ3v) is 10.4. The maximum absolute atomic E-state index is 14.3. The van der Waals surface area contributed by atoms with E-state index in [1.165, 1.54) is 30.3 Å². The summed E-state index contributed by atoms with van der Waals surface area (Å²) in [4.78, 5) is 17.4. The maximum atomic E-state index is 14.3. The summed E-state index contributed by atoms with van der Waals surface area (Å²) in [7, 11) is 0. The molecular weight excluding hydrogens is 655 g/mol. The quantitative estimate of drug-likeness (QED) is 0.141. The number of nitrogens with zero attached hydrogens (tertiary/aromatic N) is 3. The summed E-state index contributed by atoms with van der Waals surface area (Å²) in [6, 6.07) is 16.6. The highest BCUT2D eigenvalue weighted by Crippen LogP contribution is 2.36. The highest BCUT2D eigenvalue weighted by molar-refractivity contribution is 5.96. The molecule has 8 nitrogen and oxygen atoms in total. The van der Waals surface area contributed by atoms with Gasteiger partial charge in [-0.3, -0.25) is 14.6 Å². The van der Waals surface area contributed by atoms with E-state index in [4.69, 9.17) is 5.73 Å². The van der Waals surface area contributed by atoms with Crippen LogP contribution < -0.4 is 21.1 Å². The van der Waals surface area contributed by atoms with Gasteiger partial charge in [0.15, 0.2) is 0 Å². The van der Waals surface area contributed by atoms with Crippen molar-refractivity contribution in [3.8, 4) is 16.9 Å². The second kappa shape index (κ2) is 13.9. The van der Waals surface area contributed by atoms with Gasteiger partial charge in [-0.05, 0) is 86.3 Å². The van der Waals surface area contributed by atoms with Crippen molar-refractivity contribution in [3.63, 3.8) is 0 Å². The Balaban J connectivity index is 1.06. The van der Waals surface area contributed by atoms with Crippen LogP contribution in [0, 0.1) is 11.6 Å². The van der Waals surface area contributed by atoms with Gasteiger partial charge in [0.1, 0.15) is 17.4 Å². The van der Waals surface area contributed by atoms with Gasteiger partial charge in [-0.1, -0.05) is 24.3 Å². The zero-order valence-corrected chi connectivity index (χ0v) is 27.6. The number of hydrogen-bond donors (Lipinski definition) is 3. The minimum atomic E-state index is -4.78. The van der Waals surface area contributed by atoms with Crippen molar-refractivity contribution in [1.82, 2.24) is 25.0 Å². The number of carbonyl (C=O) groups is 1. The Morgan fingerprint density at radius 1 is 0.960 bits per heavy atom. The van der Waals surface area contributed by atoms with E-state index in [1.54, 1.807) is 12.1 Å². The van der Waals surface area contributed by atoms with Gasteiger partial charge >= 0.3 is 6.36 Å². The number of nitrogens with two attached hydrogens (primary N) is 1. The minimum Gasteiger partial charge on any atom is -0.406 e. The normalized spacial score (nSPS) is 20.8. The topological polar surface area (TPSA) is 87.8 Å². The standard InChI is InChI=1S/C37H41F5N6O2/c38-32-3-1-4-33(39)31(32)23-48-21-26-18-27(48)20-47(26)19-24-5-10-34-29(17-24)30(25-6-8-28(9-7-25)50-37(40,41)42)22-46(34)16-2-13-45-35(49)36(43)11-14-44-15-12-36/h1,3-10,17,22,26-27,44H,2,11-16,18-21,23,43H2,(H,45,49). The van der Waals surface area contributed by atoms with Gasteiger partial charge in [-0.25, -0.2) is 8.78 Å². The molecule has 4 aromatic rings. The van der Waals surface area contributed by atoms with Crippen molar-refractivity contribution in [2.24, 2.45) is 5.73 Å². The molecule has 266 valence electrons. The number of halogens is 5. The largest absolute Gasteiger partial charge is 0.573 e. The number of nitrogens with one attached hydrogen (secondary N) is 2. The van der Waals surface area contributed by atoms with Gasteiger partial charge in [0.2, 0.25) is 5.91 Å². The van der Waals surface area contributed by atoms with Crippen molar-refractivity contribution in [2.75, 3.05) is 32.7 Å². The van der Waals surface area contributed by atoms with E-state index in [0.29, 0.717) is 52.0 Å². The van der Waals surface area contributed by atoms with E-state index in [0.717, 1.165) is 47.1 Å². The molecule has 2 bridgehead atoms. The molecule has 3 aliphatic heterocycles. The summed E-state index contributed by atoms with van der Waals surface area (Å²) in [5.41, 5.74) is 9.31. The molecule has 0 aliphatic carbocycles. The first-order chi connectivity index (χ1) is 24.0. The smallest absolute Gasteiger partial charge is 0.406 e. The molecule has 0 radical (unpaired) electrons. The van der Waals surface area contributed by atoms with Gasteiger partial charge in [-0.2, -0.15) is 0 Å². The number of benzene rings is 3. The molecule has 0 spiro atoms. The molecule has 1 amide bonds. The molecular formula is C37H41F5N6O2. The summed E-state index contributed by atoms with van der Waals surface area (Å²) >= 11 is 0. The lowest BCUT2D eigenvalue weighted by Crippen LogP contribution is -2.59. The molecule has 50 heavy (non-hydrogen) atoms. The SMILES string of the molecule is NC1(C(=O)NCCCn2cc(-c3ccc(OC(F)(F)F)cc3)c3cc(CN4CC5CC4CN5Cc4c(F)cccc4F)ccc32)CCNCC1. The van der Waals surface area contributed by atoms with Crippen molar-refractivity contribution < 1.29 is 31.5 Å². The van der Waals surface area contributed by atoms with Crippen LogP contribution in [-0.4, -0.2) is 77.0 Å². The Bertz CT molecular complexity index is 1820. The van der Waals surface area contributed by atoms with Gasteiger partial charge in [0.25, 0.3) is 0 Å². The number of ether oxygens (including phenoxy) is 1. The fraction of sp³-hybridized carbons (Fsp3) is 0.432. The number of alkyl halides is 3. The van der Waals surface area contributed by atoms with Crippen LogP contribution in [0.1, 0.15) is 36.8 Å². The highest BCUT2D eigenvalue weighted by Gasteiger charge is 2.43. The van der Waals surface area contributed by atoms with Crippen LogP contribution >= 0.6 is 0 Å². The van der Waals surface area contributed by atoms with Crippen LogP contribution in [0.2, 0.25) is 0 Å². The Labute approximate surface area is 287 Å². The van der Waals surface area contributed by atoms with Gasteiger partial charge in [0.05, 0.1) is 5.54 Å². The summed E-state index contributed by atoms with van der Waals surface area (Å²) < 4.78 is 73.3. The van der Waals surface area contributed by atoms with E-state index in [-0.39, 0.29) is 35.8 Å². The van der Waals surface area contributed by atoms with Crippen molar-refractivity contribution >= 4 is 16.8 Å². The average Bonchev–Trinajstić information content (AvgIpc) is 3.77. The second-order valence-corrected chi connectivity index (χ2v) is 13.8. The monoisotopic (exact) mass is 696 g/mol. The molecule has 3 aliphatic rings. The first-order valence-corrected chi connectivity index (χ1v) is 17.1. The van der Waals surface area contributed by atoms with Gasteiger partial charge in [0, 0.05) is 79.6 Å². The van der Waals surface area contributed by atoms with E-state index < -0.39 is 23.5 Å². The Hall–Kier alpha value is -4.04. The molecule has 1 aromatic heterocycles. The van der Waals surface area contributed by atoms with Crippen LogP contribution in [0.3, 0.4) is 0 Å². The van der Waals surface area contributed by atoms with E-state index in [1.807, 2.05) is 6.20 Å². The Morgan fingerprint density at radius 3 is 2.30 bits per heavy atom. The number of aryl methyl sites for hydroxylation is 1. The predicted molar refractivity (Wildman–Crippen MR) is 180 cm³/mol. The van der Waals surface area contributed by atoms with E-state index in [9.17, 15) is 26.7 Å². The summed E-state index contributed by atoms with van der Waals surface area (Å²) in [5.74, 6) is -1.46. The van der Waals surface area contributed by atoms with Crippen LogP contribution in [-0.2, 0) is 24.4 Å². The van der Waals surface area contributed by atoms with E-state index in [2.05, 4.69) is 47.9 Å². The Morgan fingerprint density at radius 2 is 1.64 bits per heavy atom. The molecule has 0 saturated carbocycles. The number of carbonyl (C=O) groups excluding carboxylic acids is 1. The zero-order chi connectivity index (χ0) is 35.0. The number of piperazine rings is 1. The van der Waals surface area contributed by atoms with Crippen molar-refractivity contribution in [1.29, 1.82) is 0 Å².